The van der Waals surface area contributed by atoms with Crippen LogP contribution in [0.4, 0.5) is 28.4 Å². The van der Waals surface area contributed by atoms with E-state index in [4.69, 9.17) is 38.4 Å². The number of sulfonamides is 1. The molecule has 6 aromatic rings. The minimum absolute atomic E-state index is 0.0224. The quantitative estimate of drug-likeness (QED) is 0.0774. The number of anilines is 4. The number of aromatic nitrogens is 4. The zero-order valence-corrected chi connectivity index (χ0v) is 47.4. The maximum atomic E-state index is 15.0. The van der Waals surface area contributed by atoms with Gasteiger partial charge < -0.3 is 48.5 Å². The Bertz CT molecular complexity index is 3560. The Morgan fingerprint density at radius 3 is 2.52 bits per heavy atom. The standard InChI is InChI=1S/C60H69N11O11S/c1-36(2)81-51-6-4-3-5-42(51)50-33-68(46-13-26-79-59-55(46)61-17-18-63-59)21-22-69(50)40-31-60(32-40)14-19-67(20-15-60)39-7-8-43(47(28-39)70-45-12-25-78-35-53(45)82-58-49(70)27-38-9-16-62-56(38)65-58)57(72)66-83(75,76)41-29-48(71(73)74)54-52(30-41)80-34-44(64-54)37-10-23-77-24-11-37/h3-9,16-18,27-30,36-37,40,44-46,50,53,64H,10-15,19-26,31-35H2,1-2H3,(H,62,65)(H,66,72)/t44-,45-,46-,50-,53-/m0/s1. The number of ether oxygens (including phenoxy) is 6. The average Bonchev–Trinajstić information content (AvgIpc) is 4.15. The van der Waals surface area contributed by atoms with Crippen molar-refractivity contribution in [1.29, 1.82) is 0 Å². The van der Waals surface area contributed by atoms with Crippen LogP contribution in [0.15, 0.2) is 90.2 Å². The highest BCUT2D eigenvalue weighted by molar-refractivity contribution is 7.90. The highest BCUT2D eigenvalue weighted by atomic mass is 32.2. The summed E-state index contributed by atoms with van der Waals surface area (Å²) in [5, 5.41) is 16.7. The summed E-state index contributed by atoms with van der Waals surface area (Å²) in [5.74, 6) is 1.19. The predicted octanol–water partition coefficient (Wildman–Crippen LogP) is 8.09. The van der Waals surface area contributed by atoms with Gasteiger partial charge in [0.1, 0.15) is 35.5 Å². The van der Waals surface area contributed by atoms with E-state index in [2.05, 4.69) is 77.7 Å². The lowest BCUT2D eigenvalue weighted by Crippen LogP contribution is -2.60. The molecule has 14 rings (SSSR count). The van der Waals surface area contributed by atoms with Crippen molar-refractivity contribution in [3.63, 3.8) is 0 Å². The van der Waals surface area contributed by atoms with Gasteiger partial charge in [0.05, 0.1) is 64.6 Å². The number of rotatable bonds is 12. The largest absolute Gasteiger partial charge is 0.491 e. The number of pyridine rings is 1. The molecule has 1 aliphatic carbocycles. The number of nitrogens with zero attached hydrogens (tertiary/aromatic N) is 8. The molecule has 5 fully saturated rings. The predicted molar refractivity (Wildman–Crippen MR) is 308 cm³/mol. The van der Waals surface area contributed by atoms with Crippen LogP contribution in [0.25, 0.3) is 11.0 Å². The van der Waals surface area contributed by atoms with E-state index in [1.54, 1.807) is 18.5 Å². The number of amides is 1. The topological polar surface area (TPSA) is 241 Å². The molecule has 83 heavy (non-hydrogen) atoms. The van der Waals surface area contributed by atoms with Gasteiger partial charge in [0.2, 0.25) is 11.8 Å². The van der Waals surface area contributed by atoms with Gasteiger partial charge in [-0.3, -0.25) is 29.7 Å². The maximum Gasteiger partial charge on any atom is 0.297 e. The molecule has 5 atom stereocenters. The number of nitrogens with one attached hydrogen (secondary N) is 3. The molecule has 3 aromatic heterocycles. The van der Waals surface area contributed by atoms with Crippen LogP contribution in [0.2, 0.25) is 0 Å². The Balaban J connectivity index is 0.740. The second-order valence-electron chi connectivity index (χ2n) is 23.8. The highest BCUT2D eigenvalue weighted by Crippen LogP contribution is 2.55. The van der Waals surface area contributed by atoms with E-state index in [1.807, 2.05) is 30.5 Å². The molecule has 23 heteroatoms. The molecule has 0 unspecified atom stereocenters. The van der Waals surface area contributed by atoms with E-state index >= 15 is 0 Å². The molecule has 1 spiro atoms. The number of carbonyl (C=O) groups excluding carboxylic acids is 1. The van der Waals surface area contributed by atoms with Crippen LogP contribution in [-0.2, 0) is 19.5 Å². The molecule has 22 nitrogen and oxygen atoms in total. The fraction of sp³-hybridized carbons (Fsp3) is 0.500. The van der Waals surface area contributed by atoms with Gasteiger partial charge >= 0.3 is 0 Å². The number of fused-ring (bicyclic) bond motifs is 5. The molecular formula is C60H69N11O11S. The molecule has 1 amide bonds. The third-order valence-corrected chi connectivity index (χ3v) is 19.9. The number of piperazine rings is 1. The second-order valence-corrected chi connectivity index (χ2v) is 25.5. The minimum Gasteiger partial charge on any atom is -0.491 e. The summed E-state index contributed by atoms with van der Waals surface area (Å²) in [4.78, 5) is 53.6. The van der Waals surface area contributed by atoms with Crippen LogP contribution in [0.5, 0.6) is 23.3 Å². The number of piperidine rings is 1. The van der Waals surface area contributed by atoms with Gasteiger partial charge in [0.15, 0.2) is 11.4 Å². The molecular weight excluding hydrogens is 1080 g/mol. The third kappa shape index (κ3) is 10.1. The van der Waals surface area contributed by atoms with E-state index in [9.17, 15) is 23.3 Å². The van der Waals surface area contributed by atoms with Crippen molar-refractivity contribution in [2.75, 3.05) is 87.5 Å². The van der Waals surface area contributed by atoms with Crippen molar-refractivity contribution in [3.8, 4) is 23.3 Å². The van der Waals surface area contributed by atoms with Crippen LogP contribution in [0.3, 0.4) is 0 Å². The van der Waals surface area contributed by atoms with E-state index < -0.39 is 37.5 Å². The van der Waals surface area contributed by atoms with Crippen LogP contribution in [-0.4, -0.2) is 152 Å². The van der Waals surface area contributed by atoms with Gasteiger partial charge in [-0.2, -0.15) is 4.98 Å². The van der Waals surface area contributed by atoms with Crippen molar-refractivity contribution < 1.29 is 46.6 Å². The lowest BCUT2D eigenvalue weighted by Gasteiger charge is -2.58. The number of benzene rings is 3. The fourth-order valence-electron chi connectivity index (χ4n) is 14.4. The summed E-state index contributed by atoms with van der Waals surface area (Å²) in [6.45, 7) is 11.0. The SMILES string of the molecule is CC(C)Oc1ccccc1[C@@H]1CN([C@H]2CCOc3nccnc32)CCN1C1CC2(CCN(c3ccc(C(=O)NS(=O)(=O)c4cc5c(c([N+](=O)[O-])c4)N[C@H](C4CCOCC4)CO5)c(N4c5cc6cc[nH]c6nc5O[C@H]5COCC[C@@H]54)c3)CC2)C1. The summed E-state index contributed by atoms with van der Waals surface area (Å²) >= 11 is 0. The number of hydrogen-bond acceptors (Lipinski definition) is 19. The Hall–Kier alpha value is -7.31. The van der Waals surface area contributed by atoms with E-state index in [0.717, 1.165) is 106 Å². The summed E-state index contributed by atoms with van der Waals surface area (Å²) < 4.78 is 67.8. The molecule has 8 aliphatic rings. The number of aromatic amines is 1. The second kappa shape index (κ2) is 21.7. The smallest absolute Gasteiger partial charge is 0.297 e. The highest BCUT2D eigenvalue weighted by Gasteiger charge is 2.51. The first-order chi connectivity index (χ1) is 40.3. The first-order valence-corrected chi connectivity index (χ1v) is 30.8. The molecule has 0 bridgehead atoms. The van der Waals surface area contributed by atoms with Crippen LogP contribution >= 0.6 is 0 Å². The van der Waals surface area contributed by atoms with Gasteiger partial charge in [-0.1, -0.05) is 18.2 Å². The average molecular weight is 1150 g/mol. The first-order valence-electron chi connectivity index (χ1n) is 29.3. The zero-order chi connectivity index (χ0) is 56.6. The van der Waals surface area contributed by atoms with Gasteiger partial charge in [-0.25, -0.2) is 18.1 Å². The monoisotopic (exact) mass is 1150 g/mol. The van der Waals surface area contributed by atoms with Crippen LogP contribution in [0.1, 0.15) is 98.9 Å². The molecule has 7 aliphatic heterocycles. The first kappa shape index (κ1) is 53.7. The minimum atomic E-state index is -4.72. The zero-order valence-electron chi connectivity index (χ0n) is 46.6. The van der Waals surface area contributed by atoms with Gasteiger partial charge in [0.25, 0.3) is 21.6 Å². The van der Waals surface area contributed by atoms with E-state index in [-0.39, 0.29) is 71.8 Å². The van der Waals surface area contributed by atoms with Crippen molar-refractivity contribution in [2.24, 2.45) is 11.3 Å². The maximum absolute atomic E-state index is 15.0. The molecule has 1 saturated carbocycles. The molecule has 3 N–H and O–H groups in total. The summed E-state index contributed by atoms with van der Waals surface area (Å²) in [6.07, 6.45) is 11.9. The van der Waals surface area contributed by atoms with Crippen LogP contribution < -0.4 is 38.8 Å². The summed E-state index contributed by atoms with van der Waals surface area (Å²) in [7, 11) is -4.72. The van der Waals surface area contributed by atoms with Crippen molar-refractivity contribution in [2.45, 2.75) is 113 Å². The number of H-pyrrole nitrogens is 1. The van der Waals surface area contributed by atoms with Gasteiger partial charge in [0, 0.05) is 112 Å². The van der Waals surface area contributed by atoms with Crippen molar-refractivity contribution >= 4 is 55.4 Å². The molecule has 436 valence electrons. The summed E-state index contributed by atoms with van der Waals surface area (Å²) in [6, 6.07) is 20.3. The van der Waals surface area contributed by atoms with E-state index in [1.165, 1.54) is 11.6 Å². The molecule has 3 aromatic carbocycles. The Morgan fingerprint density at radius 2 is 1.69 bits per heavy atom. The Morgan fingerprint density at radius 1 is 0.867 bits per heavy atom. The lowest BCUT2D eigenvalue weighted by molar-refractivity contribution is -0.384. The number of carbonyl (C=O) groups is 1. The van der Waals surface area contributed by atoms with Gasteiger partial charge in [-0.15, -0.1) is 0 Å². The number of hydrogen-bond donors (Lipinski definition) is 3. The Kier molecular flexibility index (Phi) is 14.0. The fourth-order valence-corrected chi connectivity index (χ4v) is 15.4. The van der Waals surface area contributed by atoms with E-state index in [0.29, 0.717) is 67.7 Å². The Labute approximate surface area is 481 Å². The summed E-state index contributed by atoms with van der Waals surface area (Å²) in [5.41, 5.74) is 4.64. The number of nitro groups is 1. The molecule has 4 saturated heterocycles. The number of nitro benzene ring substituents is 1. The van der Waals surface area contributed by atoms with Crippen LogP contribution in [0, 0.1) is 21.4 Å². The lowest BCUT2D eigenvalue weighted by atomic mass is 9.59. The van der Waals surface area contributed by atoms with Crippen molar-refractivity contribution in [1.82, 2.24) is 34.5 Å². The molecule has 0 radical (unpaired) electrons. The number of para-hydroxylation sites is 1. The third-order valence-electron chi connectivity index (χ3n) is 18.6. The normalized spacial score (nSPS) is 24.7. The van der Waals surface area contributed by atoms with Crippen molar-refractivity contribution in [3.05, 3.63) is 112 Å². The molecule has 10 heterocycles. The van der Waals surface area contributed by atoms with Gasteiger partial charge in [-0.05, 0) is 107 Å².